The minimum Gasteiger partial charge on any atom is -0.309 e. The van der Waals surface area contributed by atoms with Crippen LogP contribution in [0, 0.1) is 0 Å². The number of thiophene rings is 1. The van der Waals surface area contributed by atoms with E-state index in [1.807, 2.05) is 0 Å². The summed E-state index contributed by atoms with van der Waals surface area (Å²) in [5.74, 6) is 5.54. The number of hydrazine groups is 1. The predicted octanol–water partition coefficient (Wildman–Crippen LogP) is 1.84. The van der Waals surface area contributed by atoms with Gasteiger partial charge in [-0.05, 0) is 55.5 Å². The molecule has 1 rings (SSSR count). The molecule has 0 aromatic carbocycles. The number of nitrogens with two attached hydrogens (primary N) is 1. The van der Waals surface area contributed by atoms with E-state index in [4.69, 9.17) is 5.84 Å². The summed E-state index contributed by atoms with van der Waals surface area (Å²) < 4.78 is 1.16. The number of hydrogen-bond donors (Lipinski definition) is 2. The molecule has 0 spiro atoms. The average molecular weight is 292 g/mol. The van der Waals surface area contributed by atoms with Crippen LogP contribution in [0.3, 0.4) is 0 Å². The molecule has 1 unspecified atom stereocenters. The van der Waals surface area contributed by atoms with Gasteiger partial charge >= 0.3 is 0 Å². The minimum absolute atomic E-state index is 0.359. The first-order chi connectivity index (χ1) is 7.11. The molecule has 0 fully saturated rings. The molecule has 1 atom stereocenters. The Morgan fingerprint density at radius 1 is 1.60 bits per heavy atom. The summed E-state index contributed by atoms with van der Waals surface area (Å²) in [7, 11) is 4.16. The number of halogens is 1. The molecule has 15 heavy (non-hydrogen) atoms. The Balaban J connectivity index is 2.39. The summed E-state index contributed by atoms with van der Waals surface area (Å²) >= 11 is 5.23. The predicted molar refractivity (Wildman–Crippen MR) is 70.0 cm³/mol. The molecule has 86 valence electrons. The van der Waals surface area contributed by atoms with Crippen LogP contribution in [-0.2, 0) is 6.42 Å². The van der Waals surface area contributed by atoms with Crippen molar-refractivity contribution in [3.8, 4) is 0 Å². The van der Waals surface area contributed by atoms with Gasteiger partial charge in [-0.25, -0.2) is 0 Å². The van der Waals surface area contributed by atoms with Gasteiger partial charge in [-0.15, -0.1) is 11.3 Å². The third-order valence-corrected chi connectivity index (χ3v) is 3.95. The van der Waals surface area contributed by atoms with Gasteiger partial charge in [0.15, 0.2) is 0 Å². The quantitative estimate of drug-likeness (QED) is 0.621. The van der Waals surface area contributed by atoms with Crippen LogP contribution in [0.25, 0.3) is 0 Å². The Hall–Kier alpha value is 0.0600. The third kappa shape index (κ3) is 5.08. The van der Waals surface area contributed by atoms with Crippen molar-refractivity contribution in [3.63, 3.8) is 0 Å². The van der Waals surface area contributed by atoms with Crippen LogP contribution in [0.2, 0.25) is 0 Å². The summed E-state index contributed by atoms with van der Waals surface area (Å²) in [5, 5.41) is 2.11. The zero-order valence-corrected chi connectivity index (χ0v) is 11.6. The highest BCUT2D eigenvalue weighted by molar-refractivity contribution is 9.10. The zero-order valence-electron chi connectivity index (χ0n) is 9.16. The van der Waals surface area contributed by atoms with E-state index in [-0.39, 0.29) is 0 Å². The second kappa shape index (κ2) is 6.60. The Bertz CT molecular complexity index is 288. The molecular formula is C10H18BrN3S. The van der Waals surface area contributed by atoms with Gasteiger partial charge in [0.05, 0.1) is 0 Å². The molecule has 5 heteroatoms. The highest BCUT2D eigenvalue weighted by Crippen LogP contribution is 2.21. The van der Waals surface area contributed by atoms with Crippen LogP contribution in [0.1, 0.15) is 11.3 Å². The van der Waals surface area contributed by atoms with E-state index < -0.39 is 0 Å². The molecule has 3 N–H and O–H groups in total. The maximum Gasteiger partial charge on any atom is 0.0285 e. The van der Waals surface area contributed by atoms with E-state index in [1.165, 1.54) is 4.88 Å². The van der Waals surface area contributed by atoms with E-state index in [9.17, 15) is 0 Å². The largest absolute Gasteiger partial charge is 0.309 e. The lowest BCUT2D eigenvalue weighted by molar-refractivity contribution is 0.359. The Kier molecular flexibility index (Phi) is 5.78. The molecule has 0 bridgehead atoms. The average Bonchev–Trinajstić information content (AvgIpc) is 2.58. The first-order valence-electron chi connectivity index (χ1n) is 4.95. The molecule has 0 aliphatic carbocycles. The van der Waals surface area contributed by atoms with Gasteiger partial charge < -0.3 is 4.90 Å². The van der Waals surface area contributed by atoms with Crippen molar-refractivity contribution in [2.75, 3.05) is 20.6 Å². The second-order valence-corrected chi connectivity index (χ2v) is 5.80. The minimum atomic E-state index is 0.359. The summed E-state index contributed by atoms with van der Waals surface area (Å²) in [6.07, 6.45) is 2.07. The first kappa shape index (κ1) is 13.1. The van der Waals surface area contributed by atoms with Crippen molar-refractivity contribution >= 4 is 27.3 Å². The van der Waals surface area contributed by atoms with Gasteiger partial charge in [0.25, 0.3) is 0 Å². The van der Waals surface area contributed by atoms with Crippen LogP contribution in [0.4, 0.5) is 0 Å². The van der Waals surface area contributed by atoms with Crippen molar-refractivity contribution in [3.05, 3.63) is 20.8 Å². The van der Waals surface area contributed by atoms with Crippen LogP contribution in [-0.4, -0.2) is 31.6 Å². The highest BCUT2D eigenvalue weighted by atomic mass is 79.9. The van der Waals surface area contributed by atoms with Gasteiger partial charge in [-0.3, -0.25) is 11.3 Å². The van der Waals surface area contributed by atoms with Crippen LogP contribution < -0.4 is 11.3 Å². The van der Waals surface area contributed by atoms with E-state index in [2.05, 4.69) is 51.8 Å². The zero-order chi connectivity index (χ0) is 11.3. The van der Waals surface area contributed by atoms with Crippen LogP contribution >= 0.6 is 27.3 Å². The molecule has 0 saturated heterocycles. The number of nitrogens with zero attached hydrogens (tertiary/aromatic N) is 1. The fourth-order valence-electron chi connectivity index (χ4n) is 1.36. The lowest BCUT2D eigenvalue weighted by Crippen LogP contribution is -2.38. The molecule has 1 aromatic rings. The summed E-state index contributed by atoms with van der Waals surface area (Å²) in [4.78, 5) is 3.54. The van der Waals surface area contributed by atoms with Gasteiger partial charge in [-0.2, -0.15) is 0 Å². The maximum absolute atomic E-state index is 5.54. The molecule has 0 aliphatic heterocycles. The highest BCUT2D eigenvalue weighted by Gasteiger charge is 2.09. The summed E-state index contributed by atoms with van der Waals surface area (Å²) in [6, 6.07) is 2.52. The summed E-state index contributed by atoms with van der Waals surface area (Å²) in [6.45, 7) is 1.06. The van der Waals surface area contributed by atoms with E-state index >= 15 is 0 Å². The lowest BCUT2D eigenvalue weighted by atomic mass is 10.1. The fourth-order valence-corrected chi connectivity index (χ4v) is 2.89. The number of nitrogens with one attached hydrogen (secondary N) is 1. The molecule has 1 aromatic heterocycles. The number of rotatable bonds is 6. The van der Waals surface area contributed by atoms with Crippen LogP contribution in [0.5, 0.6) is 0 Å². The normalized spacial score (nSPS) is 13.4. The molecule has 0 saturated carbocycles. The van der Waals surface area contributed by atoms with Crippen molar-refractivity contribution < 1.29 is 0 Å². The molecule has 3 nitrogen and oxygen atoms in total. The Labute approximate surface area is 104 Å². The maximum atomic E-state index is 5.54. The van der Waals surface area contributed by atoms with Crippen molar-refractivity contribution in [1.82, 2.24) is 10.3 Å². The fraction of sp³-hybridized carbons (Fsp3) is 0.600. The smallest absolute Gasteiger partial charge is 0.0285 e. The monoisotopic (exact) mass is 291 g/mol. The Morgan fingerprint density at radius 2 is 2.33 bits per heavy atom. The lowest BCUT2D eigenvalue weighted by Gasteiger charge is -2.17. The first-order valence-corrected chi connectivity index (χ1v) is 6.63. The standard InChI is InChI=1S/C10H18BrN3S/c1-14(2)4-3-9(13-12)6-10-5-8(11)7-15-10/h5,7,9,13H,3-4,6,12H2,1-2H3. The van der Waals surface area contributed by atoms with Crippen molar-refractivity contribution in [2.45, 2.75) is 18.9 Å². The topological polar surface area (TPSA) is 41.3 Å². The van der Waals surface area contributed by atoms with Crippen molar-refractivity contribution in [2.24, 2.45) is 5.84 Å². The molecule has 0 radical (unpaired) electrons. The van der Waals surface area contributed by atoms with E-state index in [0.717, 1.165) is 23.9 Å². The number of hydrogen-bond acceptors (Lipinski definition) is 4. The van der Waals surface area contributed by atoms with Gasteiger partial charge in [0, 0.05) is 20.8 Å². The molecule has 0 amide bonds. The van der Waals surface area contributed by atoms with Gasteiger partial charge in [-0.1, -0.05) is 0 Å². The van der Waals surface area contributed by atoms with Crippen molar-refractivity contribution in [1.29, 1.82) is 0 Å². The van der Waals surface area contributed by atoms with Gasteiger partial charge in [0.1, 0.15) is 0 Å². The molecule has 1 heterocycles. The molecule has 0 aliphatic rings. The summed E-state index contributed by atoms with van der Waals surface area (Å²) in [5.41, 5.74) is 2.88. The van der Waals surface area contributed by atoms with E-state index in [0.29, 0.717) is 6.04 Å². The van der Waals surface area contributed by atoms with E-state index in [1.54, 1.807) is 11.3 Å². The molecular weight excluding hydrogens is 274 g/mol. The Morgan fingerprint density at radius 3 is 2.80 bits per heavy atom. The van der Waals surface area contributed by atoms with Gasteiger partial charge in [0.2, 0.25) is 0 Å². The van der Waals surface area contributed by atoms with Crippen LogP contribution in [0.15, 0.2) is 15.9 Å². The second-order valence-electron chi connectivity index (χ2n) is 3.89. The third-order valence-electron chi connectivity index (χ3n) is 2.23. The SMILES string of the molecule is CN(C)CCC(Cc1cc(Br)cs1)NN.